The van der Waals surface area contributed by atoms with Crippen molar-refractivity contribution >= 4 is 28.5 Å². The third-order valence-electron chi connectivity index (χ3n) is 2.64. The molecular formula is C13H17ClO3S. The van der Waals surface area contributed by atoms with Gasteiger partial charge in [-0.2, -0.15) is 0 Å². The summed E-state index contributed by atoms with van der Waals surface area (Å²) in [6.45, 7) is 3.33. The van der Waals surface area contributed by atoms with Crippen molar-refractivity contribution in [2.24, 2.45) is 0 Å². The Hall–Kier alpha value is -0.550. The Morgan fingerprint density at radius 2 is 2.11 bits per heavy atom. The van der Waals surface area contributed by atoms with Crippen molar-refractivity contribution in [1.82, 2.24) is 0 Å². The van der Waals surface area contributed by atoms with E-state index >= 15 is 0 Å². The lowest BCUT2D eigenvalue weighted by atomic mass is 9.98. The van der Waals surface area contributed by atoms with E-state index in [4.69, 9.17) is 11.6 Å². The number of halogens is 1. The van der Waals surface area contributed by atoms with Crippen molar-refractivity contribution in [2.45, 2.75) is 32.5 Å². The van der Waals surface area contributed by atoms with Gasteiger partial charge in [-0.05, 0) is 36.6 Å². The molecule has 0 aliphatic heterocycles. The highest BCUT2D eigenvalue weighted by molar-refractivity contribution is 8.13. The largest absolute Gasteiger partial charge is 0.390 e. The number of aliphatic hydroxyl groups excluding tert-OH is 2. The Labute approximate surface area is 116 Å². The highest BCUT2D eigenvalue weighted by Gasteiger charge is 2.20. The minimum Gasteiger partial charge on any atom is -0.390 e. The topological polar surface area (TPSA) is 57.5 Å². The van der Waals surface area contributed by atoms with Gasteiger partial charge in [0.15, 0.2) is 5.12 Å². The Bertz CT molecular complexity index is 423. The molecule has 1 aromatic carbocycles. The Morgan fingerprint density at radius 1 is 1.44 bits per heavy atom. The summed E-state index contributed by atoms with van der Waals surface area (Å²) < 4.78 is 0. The third-order valence-corrected chi connectivity index (χ3v) is 3.72. The third kappa shape index (κ3) is 4.61. The predicted molar refractivity (Wildman–Crippen MR) is 74.9 cm³/mol. The standard InChI is InChI=1S/C13H17ClO3S/c1-8-3-4-10(14)7-11(8)13(17)12(16)5-6-18-9(2)15/h3-4,7,12-13,16-17H,5-6H2,1-2H3. The molecule has 0 amide bonds. The van der Waals surface area contributed by atoms with Crippen molar-refractivity contribution in [2.75, 3.05) is 5.75 Å². The summed E-state index contributed by atoms with van der Waals surface area (Å²) in [6.07, 6.45) is -1.51. The number of aliphatic hydroxyl groups is 2. The molecule has 18 heavy (non-hydrogen) atoms. The Morgan fingerprint density at radius 3 is 2.72 bits per heavy atom. The zero-order valence-corrected chi connectivity index (χ0v) is 12.0. The van der Waals surface area contributed by atoms with E-state index < -0.39 is 12.2 Å². The maximum Gasteiger partial charge on any atom is 0.185 e. The fourth-order valence-electron chi connectivity index (χ4n) is 1.62. The Kier molecular flexibility index (Phi) is 6.15. The first-order chi connectivity index (χ1) is 8.41. The number of carbonyl (C=O) groups excluding carboxylic acids is 1. The number of rotatable bonds is 5. The minimum absolute atomic E-state index is 0.00984. The van der Waals surface area contributed by atoms with Crippen LogP contribution in [0.3, 0.4) is 0 Å². The maximum absolute atomic E-state index is 10.8. The van der Waals surface area contributed by atoms with Crippen LogP contribution in [0.5, 0.6) is 0 Å². The lowest BCUT2D eigenvalue weighted by Gasteiger charge is -2.19. The number of benzene rings is 1. The maximum atomic E-state index is 10.8. The molecule has 0 radical (unpaired) electrons. The second-order valence-electron chi connectivity index (χ2n) is 4.14. The van der Waals surface area contributed by atoms with Crippen LogP contribution in [0, 0.1) is 6.92 Å². The highest BCUT2D eigenvalue weighted by atomic mass is 35.5. The van der Waals surface area contributed by atoms with Crippen LogP contribution in [-0.4, -0.2) is 27.2 Å². The first kappa shape index (κ1) is 15.5. The number of thioether (sulfide) groups is 1. The molecule has 100 valence electrons. The second-order valence-corrected chi connectivity index (χ2v) is 5.85. The number of aryl methyl sites for hydroxylation is 1. The van der Waals surface area contributed by atoms with Crippen molar-refractivity contribution in [3.63, 3.8) is 0 Å². The molecule has 0 spiro atoms. The molecule has 3 nitrogen and oxygen atoms in total. The van der Waals surface area contributed by atoms with Crippen LogP contribution in [0.1, 0.15) is 30.6 Å². The monoisotopic (exact) mass is 288 g/mol. The van der Waals surface area contributed by atoms with Gasteiger partial charge in [0, 0.05) is 17.7 Å². The average molecular weight is 289 g/mol. The molecule has 0 heterocycles. The van der Waals surface area contributed by atoms with E-state index in [0.29, 0.717) is 22.8 Å². The molecule has 1 aromatic rings. The molecule has 0 aliphatic carbocycles. The zero-order chi connectivity index (χ0) is 13.7. The van der Waals surface area contributed by atoms with Crippen molar-refractivity contribution in [1.29, 1.82) is 0 Å². The fraction of sp³-hybridized carbons (Fsp3) is 0.462. The summed E-state index contributed by atoms with van der Waals surface area (Å²) in [4.78, 5) is 10.8. The molecule has 2 atom stereocenters. The molecule has 5 heteroatoms. The molecule has 0 aromatic heterocycles. The molecule has 1 rings (SSSR count). The lowest BCUT2D eigenvalue weighted by molar-refractivity contribution is -0.109. The lowest BCUT2D eigenvalue weighted by Crippen LogP contribution is -2.20. The van der Waals surface area contributed by atoms with Crippen LogP contribution in [0.25, 0.3) is 0 Å². The van der Waals surface area contributed by atoms with Gasteiger partial charge in [-0.1, -0.05) is 29.4 Å². The van der Waals surface area contributed by atoms with Gasteiger partial charge in [0.1, 0.15) is 6.10 Å². The van der Waals surface area contributed by atoms with Gasteiger partial charge in [-0.15, -0.1) is 0 Å². The normalized spacial score (nSPS) is 14.3. The van der Waals surface area contributed by atoms with Gasteiger partial charge in [-0.25, -0.2) is 0 Å². The number of carbonyl (C=O) groups is 1. The van der Waals surface area contributed by atoms with E-state index in [1.165, 1.54) is 6.92 Å². The quantitative estimate of drug-likeness (QED) is 0.875. The molecule has 0 saturated carbocycles. The summed E-state index contributed by atoms with van der Waals surface area (Å²) in [7, 11) is 0. The van der Waals surface area contributed by atoms with Crippen molar-refractivity contribution in [3.8, 4) is 0 Å². The summed E-state index contributed by atoms with van der Waals surface area (Å²) >= 11 is 7.01. The summed E-state index contributed by atoms with van der Waals surface area (Å²) in [5.74, 6) is 0.493. The Balaban J connectivity index is 2.64. The summed E-state index contributed by atoms with van der Waals surface area (Å²) in [5.41, 5.74) is 1.51. The van der Waals surface area contributed by atoms with Crippen LogP contribution in [0.4, 0.5) is 0 Å². The fourth-order valence-corrected chi connectivity index (χ4v) is 2.45. The average Bonchev–Trinajstić information content (AvgIpc) is 2.30. The molecule has 0 saturated heterocycles. The highest BCUT2D eigenvalue weighted by Crippen LogP contribution is 2.26. The van der Waals surface area contributed by atoms with Crippen molar-refractivity contribution in [3.05, 3.63) is 34.3 Å². The van der Waals surface area contributed by atoms with Crippen LogP contribution < -0.4 is 0 Å². The van der Waals surface area contributed by atoms with Gasteiger partial charge in [0.05, 0.1) is 6.10 Å². The van der Waals surface area contributed by atoms with E-state index in [9.17, 15) is 15.0 Å². The van der Waals surface area contributed by atoms with Gasteiger partial charge in [0.2, 0.25) is 0 Å². The van der Waals surface area contributed by atoms with E-state index in [0.717, 1.165) is 17.3 Å². The van der Waals surface area contributed by atoms with Crippen LogP contribution in [0.15, 0.2) is 18.2 Å². The SMILES string of the molecule is CC(=O)SCCC(O)C(O)c1cc(Cl)ccc1C. The van der Waals surface area contributed by atoms with Crippen LogP contribution in [-0.2, 0) is 4.79 Å². The van der Waals surface area contributed by atoms with Gasteiger partial charge in [-0.3, -0.25) is 4.79 Å². The summed E-state index contributed by atoms with van der Waals surface area (Å²) in [6, 6.07) is 5.20. The first-order valence-corrected chi connectivity index (χ1v) is 7.03. The molecule has 0 bridgehead atoms. The van der Waals surface area contributed by atoms with Gasteiger partial charge >= 0.3 is 0 Å². The van der Waals surface area contributed by atoms with E-state index in [-0.39, 0.29) is 5.12 Å². The molecular weight excluding hydrogens is 272 g/mol. The van der Waals surface area contributed by atoms with Crippen LogP contribution >= 0.6 is 23.4 Å². The number of hydrogen-bond donors (Lipinski definition) is 2. The predicted octanol–water partition coefficient (Wildman–Crippen LogP) is 2.71. The van der Waals surface area contributed by atoms with E-state index in [1.54, 1.807) is 18.2 Å². The van der Waals surface area contributed by atoms with Crippen LogP contribution in [0.2, 0.25) is 5.02 Å². The zero-order valence-electron chi connectivity index (χ0n) is 10.4. The second kappa shape index (κ2) is 7.14. The van der Waals surface area contributed by atoms with Crippen molar-refractivity contribution < 1.29 is 15.0 Å². The molecule has 0 fully saturated rings. The molecule has 2 unspecified atom stereocenters. The minimum atomic E-state index is -0.976. The van der Waals surface area contributed by atoms with Gasteiger partial charge in [0.25, 0.3) is 0 Å². The van der Waals surface area contributed by atoms with E-state index in [2.05, 4.69) is 0 Å². The molecule has 2 N–H and O–H groups in total. The van der Waals surface area contributed by atoms with E-state index in [1.807, 2.05) is 6.92 Å². The summed E-state index contributed by atoms with van der Waals surface area (Å²) in [5, 5.41) is 20.5. The van der Waals surface area contributed by atoms with Gasteiger partial charge < -0.3 is 10.2 Å². The number of hydrogen-bond acceptors (Lipinski definition) is 4. The smallest absolute Gasteiger partial charge is 0.185 e. The first-order valence-electron chi connectivity index (χ1n) is 5.67. The molecule has 0 aliphatic rings.